The number of aryl methyl sites for hydroxylation is 2. The molecular formula is C16H16N2O. The van der Waals surface area contributed by atoms with Gasteiger partial charge in [-0.1, -0.05) is 12.1 Å². The summed E-state index contributed by atoms with van der Waals surface area (Å²) in [5.41, 5.74) is 3.60. The minimum Gasteiger partial charge on any atom is -0.344 e. The minimum absolute atomic E-state index is 0.237. The van der Waals surface area contributed by atoms with Crippen LogP contribution in [0.4, 0.5) is 0 Å². The van der Waals surface area contributed by atoms with Crippen LogP contribution in [-0.4, -0.2) is 15.3 Å². The zero-order valence-corrected chi connectivity index (χ0v) is 11.2. The van der Waals surface area contributed by atoms with Crippen LogP contribution < -0.4 is 0 Å². The molecule has 0 spiro atoms. The number of fused-ring (bicyclic) bond motifs is 3. The van der Waals surface area contributed by atoms with Gasteiger partial charge in [0.15, 0.2) is 0 Å². The molecule has 0 aliphatic carbocycles. The van der Waals surface area contributed by atoms with Crippen molar-refractivity contribution in [2.75, 3.05) is 0 Å². The van der Waals surface area contributed by atoms with E-state index in [2.05, 4.69) is 34.8 Å². The van der Waals surface area contributed by atoms with Gasteiger partial charge in [0, 0.05) is 42.2 Å². The van der Waals surface area contributed by atoms with E-state index in [9.17, 15) is 4.79 Å². The van der Waals surface area contributed by atoms with Crippen molar-refractivity contribution >= 4 is 27.6 Å². The van der Waals surface area contributed by atoms with E-state index in [4.69, 9.17) is 0 Å². The summed E-state index contributed by atoms with van der Waals surface area (Å²) in [5.74, 6) is 0.237. The topological polar surface area (TPSA) is 34.9 Å². The number of aromatic nitrogens is 2. The summed E-state index contributed by atoms with van der Waals surface area (Å²) >= 11 is 0. The van der Waals surface area contributed by atoms with Gasteiger partial charge in [-0.2, -0.15) is 0 Å². The average molecular weight is 252 g/mol. The quantitative estimate of drug-likeness (QED) is 0.717. The molecule has 0 aliphatic rings. The Morgan fingerprint density at radius 2 is 2.05 bits per heavy atom. The fourth-order valence-corrected chi connectivity index (χ4v) is 2.58. The molecule has 3 heteroatoms. The van der Waals surface area contributed by atoms with Crippen molar-refractivity contribution in [3.63, 3.8) is 0 Å². The molecule has 0 saturated carbocycles. The highest BCUT2D eigenvalue weighted by Crippen LogP contribution is 2.28. The fourth-order valence-electron chi connectivity index (χ4n) is 2.58. The molecule has 0 saturated heterocycles. The van der Waals surface area contributed by atoms with E-state index in [0.717, 1.165) is 6.42 Å². The van der Waals surface area contributed by atoms with Crippen LogP contribution in [0.2, 0.25) is 0 Å². The van der Waals surface area contributed by atoms with Crippen LogP contribution in [0.15, 0.2) is 36.7 Å². The molecule has 3 rings (SSSR count). The molecule has 0 amide bonds. The lowest BCUT2D eigenvalue weighted by atomic mass is 10.1. The molecule has 0 unspecified atom stereocenters. The molecule has 19 heavy (non-hydrogen) atoms. The summed E-state index contributed by atoms with van der Waals surface area (Å²) in [6.45, 7) is 1.64. The number of hydrogen-bond acceptors (Lipinski definition) is 2. The second-order valence-corrected chi connectivity index (χ2v) is 5.01. The third-order valence-corrected chi connectivity index (χ3v) is 3.64. The van der Waals surface area contributed by atoms with Gasteiger partial charge in [0.1, 0.15) is 5.78 Å². The molecule has 3 aromatic rings. The fraction of sp³-hybridized carbons (Fsp3) is 0.250. The van der Waals surface area contributed by atoms with Gasteiger partial charge in [0.25, 0.3) is 0 Å². The number of Topliss-reactive ketones (excluding diaryl/α,β-unsaturated/α-hetero) is 1. The standard InChI is InChI=1S/C16H16N2O/c1-11(19)3-4-12-5-6-13-14-10-17-8-7-15(14)18(2)16(13)9-12/h5-10H,3-4H2,1-2H3. The van der Waals surface area contributed by atoms with Crippen molar-refractivity contribution in [2.45, 2.75) is 19.8 Å². The first kappa shape index (κ1) is 11.9. The van der Waals surface area contributed by atoms with Crippen molar-refractivity contribution in [3.05, 3.63) is 42.2 Å². The number of hydrogen-bond donors (Lipinski definition) is 0. The summed E-state index contributed by atoms with van der Waals surface area (Å²) in [4.78, 5) is 15.3. The Morgan fingerprint density at radius 3 is 2.84 bits per heavy atom. The van der Waals surface area contributed by atoms with Crippen LogP contribution in [0.1, 0.15) is 18.9 Å². The molecule has 3 nitrogen and oxygen atoms in total. The zero-order valence-electron chi connectivity index (χ0n) is 11.2. The van der Waals surface area contributed by atoms with E-state index in [1.807, 2.05) is 18.5 Å². The number of benzene rings is 1. The predicted molar refractivity (Wildman–Crippen MR) is 77.2 cm³/mol. The SMILES string of the molecule is CC(=O)CCc1ccc2c3cnccc3n(C)c2c1. The Hall–Kier alpha value is -2.16. The van der Waals surface area contributed by atoms with Crippen LogP contribution in [-0.2, 0) is 18.3 Å². The lowest BCUT2D eigenvalue weighted by molar-refractivity contribution is -0.116. The van der Waals surface area contributed by atoms with Gasteiger partial charge < -0.3 is 9.36 Å². The maximum Gasteiger partial charge on any atom is 0.130 e. The summed E-state index contributed by atoms with van der Waals surface area (Å²) in [6.07, 6.45) is 5.15. The lowest BCUT2D eigenvalue weighted by Crippen LogP contribution is -1.94. The predicted octanol–water partition coefficient (Wildman–Crippen LogP) is 3.25. The maximum atomic E-state index is 11.1. The van der Waals surface area contributed by atoms with Gasteiger partial charge in [0.05, 0.1) is 5.52 Å². The lowest BCUT2D eigenvalue weighted by Gasteiger charge is -2.02. The highest BCUT2D eigenvalue weighted by molar-refractivity contribution is 6.07. The molecule has 96 valence electrons. The molecule has 0 radical (unpaired) electrons. The van der Waals surface area contributed by atoms with Crippen molar-refractivity contribution in [1.82, 2.24) is 9.55 Å². The smallest absolute Gasteiger partial charge is 0.130 e. The normalized spacial score (nSPS) is 11.3. The second-order valence-electron chi connectivity index (χ2n) is 5.01. The monoisotopic (exact) mass is 252 g/mol. The Labute approximate surface area is 111 Å². The van der Waals surface area contributed by atoms with Crippen molar-refractivity contribution in [3.8, 4) is 0 Å². The average Bonchev–Trinajstić information content (AvgIpc) is 2.71. The molecular weight excluding hydrogens is 236 g/mol. The van der Waals surface area contributed by atoms with Crippen LogP contribution in [0, 0.1) is 0 Å². The van der Waals surface area contributed by atoms with E-state index in [1.54, 1.807) is 6.92 Å². The molecule has 2 aromatic heterocycles. The first-order valence-electron chi connectivity index (χ1n) is 6.47. The van der Waals surface area contributed by atoms with Crippen LogP contribution in [0.3, 0.4) is 0 Å². The molecule has 0 N–H and O–H groups in total. The summed E-state index contributed by atoms with van der Waals surface area (Å²) in [7, 11) is 2.07. The third kappa shape index (κ3) is 2.01. The van der Waals surface area contributed by atoms with Gasteiger partial charge in [-0.25, -0.2) is 0 Å². The number of rotatable bonds is 3. The Kier molecular flexibility index (Phi) is 2.82. The Morgan fingerprint density at radius 1 is 1.21 bits per heavy atom. The Bertz CT molecular complexity index is 771. The zero-order chi connectivity index (χ0) is 13.4. The van der Waals surface area contributed by atoms with E-state index in [0.29, 0.717) is 6.42 Å². The van der Waals surface area contributed by atoms with Crippen molar-refractivity contribution < 1.29 is 4.79 Å². The molecule has 0 aliphatic heterocycles. The Balaban J connectivity index is 2.15. The summed E-state index contributed by atoms with van der Waals surface area (Å²) in [6, 6.07) is 8.45. The largest absolute Gasteiger partial charge is 0.344 e. The van der Waals surface area contributed by atoms with E-state index < -0.39 is 0 Å². The van der Waals surface area contributed by atoms with Gasteiger partial charge in [0.2, 0.25) is 0 Å². The maximum absolute atomic E-state index is 11.1. The summed E-state index contributed by atoms with van der Waals surface area (Å²) < 4.78 is 2.18. The van der Waals surface area contributed by atoms with E-state index in [1.165, 1.54) is 27.4 Å². The number of nitrogens with zero attached hydrogens (tertiary/aromatic N) is 2. The summed E-state index contributed by atoms with van der Waals surface area (Å²) in [5, 5.41) is 2.40. The third-order valence-electron chi connectivity index (χ3n) is 3.64. The molecule has 0 fully saturated rings. The van der Waals surface area contributed by atoms with Gasteiger partial charge in [-0.3, -0.25) is 4.98 Å². The number of ketones is 1. The minimum atomic E-state index is 0.237. The first-order valence-corrected chi connectivity index (χ1v) is 6.47. The molecule has 0 bridgehead atoms. The molecule has 0 atom stereocenters. The van der Waals surface area contributed by atoms with Crippen molar-refractivity contribution in [1.29, 1.82) is 0 Å². The second kappa shape index (κ2) is 4.50. The highest BCUT2D eigenvalue weighted by atomic mass is 16.1. The number of carbonyl (C=O) groups excluding carboxylic acids is 1. The number of pyridine rings is 1. The van der Waals surface area contributed by atoms with Crippen molar-refractivity contribution in [2.24, 2.45) is 7.05 Å². The van der Waals surface area contributed by atoms with Gasteiger partial charge in [-0.15, -0.1) is 0 Å². The van der Waals surface area contributed by atoms with Gasteiger partial charge in [-0.05, 0) is 31.0 Å². The van der Waals surface area contributed by atoms with Crippen LogP contribution in [0.5, 0.6) is 0 Å². The highest BCUT2D eigenvalue weighted by Gasteiger charge is 2.08. The van der Waals surface area contributed by atoms with E-state index >= 15 is 0 Å². The number of carbonyl (C=O) groups is 1. The van der Waals surface area contributed by atoms with Gasteiger partial charge >= 0.3 is 0 Å². The van der Waals surface area contributed by atoms with Crippen LogP contribution in [0.25, 0.3) is 21.8 Å². The van der Waals surface area contributed by atoms with Crippen LogP contribution >= 0.6 is 0 Å². The molecule has 1 aromatic carbocycles. The molecule has 2 heterocycles. The first-order chi connectivity index (χ1) is 9.16. The van der Waals surface area contributed by atoms with E-state index in [-0.39, 0.29) is 5.78 Å².